The van der Waals surface area contributed by atoms with Gasteiger partial charge in [0.15, 0.2) is 0 Å². The summed E-state index contributed by atoms with van der Waals surface area (Å²) in [5, 5.41) is 0.379. The van der Waals surface area contributed by atoms with Gasteiger partial charge in [-0.05, 0) is 12.5 Å². The number of fused-ring (bicyclic) bond motifs is 1. The van der Waals surface area contributed by atoms with Gasteiger partial charge in [0.1, 0.15) is 5.75 Å². The molecule has 0 saturated heterocycles. The fourth-order valence-electron chi connectivity index (χ4n) is 1.78. The van der Waals surface area contributed by atoms with Gasteiger partial charge >= 0.3 is 0 Å². The molecular weight excluding hydrogens is 234 g/mol. The van der Waals surface area contributed by atoms with Crippen LogP contribution in [0.25, 0.3) is 0 Å². The molecule has 0 N–H and O–H groups in total. The molecule has 1 aliphatic heterocycles. The van der Waals surface area contributed by atoms with E-state index in [1.54, 1.807) is 30.8 Å². The SMILES string of the molecule is CN(C)C(=O)CSC1CCOc2ccccc21. The van der Waals surface area contributed by atoms with Crippen LogP contribution in [0.15, 0.2) is 24.3 Å². The zero-order valence-corrected chi connectivity index (χ0v) is 11.0. The third-order valence-corrected chi connectivity index (χ3v) is 4.12. The van der Waals surface area contributed by atoms with Crippen molar-refractivity contribution in [1.29, 1.82) is 0 Å². The van der Waals surface area contributed by atoms with Gasteiger partial charge in [-0.15, -0.1) is 11.8 Å². The minimum Gasteiger partial charge on any atom is -0.493 e. The van der Waals surface area contributed by atoms with Gasteiger partial charge in [-0.1, -0.05) is 18.2 Å². The summed E-state index contributed by atoms with van der Waals surface area (Å²) in [6, 6.07) is 8.09. The molecule has 1 atom stereocenters. The van der Waals surface area contributed by atoms with Gasteiger partial charge in [-0.2, -0.15) is 0 Å². The van der Waals surface area contributed by atoms with E-state index < -0.39 is 0 Å². The number of amides is 1. The van der Waals surface area contributed by atoms with Gasteiger partial charge in [-0.3, -0.25) is 4.79 Å². The van der Waals surface area contributed by atoms with Gasteiger partial charge in [0.25, 0.3) is 0 Å². The molecule has 0 spiro atoms. The van der Waals surface area contributed by atoms with Crippen molar-refractivity contribution in [3.05, 3.63) is 29.8 Å². The number of para-hydroxylation sites is 1. The quantitative estimate of drug-likeness (QED) is 0.825. The van der Waals surface area contributed by atoms with Crippen molar-refractivity contribution >= 4 is 17.7 Å². The smallest absolute Gasteiger partial charge is 0.232 e. The Hall–Kier alpha value is -1.16. The lowest BCUT2D eigenvalue weighted by atomic mass is 10.1. The largest absolute Gasteiger partial charge is 0.493 e. The molecule has 0 fully saturated rings. The highest BCUT2D eigenvalue weighted by Crippen LogP contribution is 2.40. The van der Waals surface area contributed by atoms with Gasteiger partial charge in [-0.25, -0.2) is 0 Å². The summed E-state index contributed by atoms with van der Waals surface area (Å²) >= 11 is 1.71. The Kier molecular flexibility index (Phi) is 3.94. The Labute approximate surface area is 106 Å². The zero-order valence-electron chi connectivity index (χ0n) is 10.2. The first kappa shape index (κ1) is 12.3. The van der Waals surface area contributed by atoms with Crippen LogP contribution in [-0.2, 0) is 4.79 Å². The van der Waals surface area contributed by atoms with Crippen LogP contribution in [0.2, 0.25) is 0 Å². The van der Waals surface area contributed by atoms with Crippen LogP contribution in [0.5, 0.6) is 5.75 Å². The first-order chi connectivity index (χ1) is 8.18. The molecule has 92 valence electrons. The summed E-state index contributed by atoms with van der Waals surface area (Å²) in [6.07, 6.45) is 0.975. The van der Waals surface area contributed by atoms with Crippen molar-refractivity contribution < 1.29 is 9.53 Å². The summed E-state index contributed by atoms with van der Waals surface area (Å²) in [6.45, 7) is 0.741. The van der Waals surface area contributed by atoms with E-state index >= 15 is 0 Å². The van der Waals surface area contributed by atoms with Crippen molar-refractivity contribution in [2.24, 2.45) is 0 Å². The summed E-state index contributed by atoms with van der Waals surface area (Å²) < 4.78 is 5.60. The van der Waals surface area contributed by atoms with Crippen LogP contribution in [-0.4, -0.2) is 37.3 Å². The molecule has 1 amide bonds. The van der Waals surface area contributed by atoms with Crippen molar-refractivity contribution in [3.63, 3.8) is 0 Å². The first-order valence-electron chi connectivity index (χ1n) is 5.72. The molecule has 1 aliphatic rings. The van der Waals surface area contributed by atoms with Gasteiger partial charge < -0.3 is 9.64 Å². The standard InChI is InChI=1S/C13H17NO2S/c1-14(2)13(15)9-17-12-7-8-16-11-6-4-3-5-10(11)12/h3-6,12H,7-9H2,1-2H3. The van der Waals surface area contributed by atoms with Crippen molar-refractivity contribution in [3.8, 4) is 5.75 Å². The number of hydrogen-bond acceptors (Lipinski definition) is 3. The molecule has 1 aromatic rings. The number of thioether (sulfide) groups is 1. The Morgan fingerprint density at radius 1 is 1.47 bits per heavy atom. The molecule has 0 aromatic heterocycles. The predicted molar refractivity (Wildman–Crippen MR) is 70.4 cm³/mol. The molecule has 0 radical (unpaired) electrons. The van der Waals surface area contributed by atoms with Crippen molar-refractivity contribution in [1.82, 2.24) is 4.90 Å². The Morgan fingerprint density at radius 3 is 3.00 bits per heavy atom. The number of nitrogens with zero attached hydrogens (tertiary/aromatic N) is 1. The summed E-state index contributed by atoms with van der Waals surface area (Å²) in [5.41, 5.74) is 1.22. The number of carbonyl (C=O) groups is 1. The van der Waals surface area contributed by atoms with E-state index in [1.807, 2.05) is 18.2 Å². The maximum atomic E-state index is 11.6. The van der Waals surface area contributed by atoms with Crippen molar-refractivity contribution in [2.75, 3.05) is 26.5 Å². The first-order valence-corrected chi connectivity index (χ1v) is 6.77. The van der Waals surface area contributed by atoms with E-state index in [0.717, 1.165) is 18.8 Å². The minimum atomic E-state index is 0.166. The molecule has 1 aromatic carbocycles. The molecule has 1 unspecified atom stereocenters. The minimum absolute atomic E-state index is 0.166. The lowest BCUT2D eigenvalue weighted by molar-refractivity contribution is -0.125. The highest BCUT2D eigenvalue weighted by Gasteiger charge is 2.22. The van der Waals surface area contributed by atoms with Crippen molar-refractivity contribution in [2.45, 2.75) is 11.7 Å². The summed E-state index contributed by atoms with van der Waals surface area (Å²) in [4.78, 5) is 13.2. The predicted octanol–water partition coefficient (Wildman–Crippen LogP) is 2.33. The maximum Gasteiger partial charge on any atom is 0.232 e. The zero-order chi connectivity index (χ0) is 12.3. The number of ether oxygens (including phenoxy) is 1. The lowest BCUT2D eigenvalue weighted by Crippen LogP contribution is -2.24. The topological polar surface area (TPSA) is 29.5 Å². The molecule has 4 heteroatoms. The second kappa shape index (κ2) is 5.45. The fraction of sp³-hybridized carbons (Fsp3) is 0.462. The Morgan fingerprint density at radius 2 is 2.24 bits per heavy atom. The normalized spacial score (nSPS) is 18.1. The second-order valence-corrected chi connectivity index (χ2v) is 5.45. The van der Waals surface area contributed by atoms with Gasteiger partial charge in [0.2, 0.25) is 5.91 Å². The maximum absolute atomic E-state index is 11.6. The Bertz CT molecular complexity index is 406. The Balaban J connectivity index is 2.01. The average Bonchev–Trinajstić information content (AvgIpc) is 2.35. The highest BCUT2D eigenvalue weighted by molar-refractivity contribution is 8.00. The van der Waals surface area contributed by atoms with Gasteiger partial charge in [0.05, 0.1) is 12.4 Å². The van der Waals surface area contributed by atoms with Crippen LogP contribution in [0.3, 0.4) is 0 Å². The van der Waals surface area contributed by atoms with E-state index in [-0.39, 0.29) is 5.91 Å². The van der Waals surface area contributed by atoms with E-state index in [9.17, 15) is 4.79 Å². The van der Waals surface area contributed by atoms with Crippen LogP contribution in [0.4, 0.5) is 0 Å². The molecule has 0 aliphatic carbocycles. The molecule has 0 saturated carbocycles. The average molecular weight is 251 g/mol. The molecule has 2 rings (SSSR count). The number of carbonyl (C=O) groups excluding carboxylic acids is 1. The number of hydrogen-bond donors (Lipinski definition) is 0. The van der Waals surface area contributed by atoms with Crippen LogP contribution >= 0.6 is 11.8 Å². The van der Waals surface area contributed by atoms with E-state index in [0.29, 0.717) is 11.0 Å². The van der Waals surface area contributed by atoms with Crippen LogP contribution in [0.1, 0.15) is 17.2 Å². The van der Waals surface area contributed by atoms with Crippen LogP contribution in [0, 0.1) is 0 Å². The summed E-state index contributed by atoms with van der Waals surface area (Å²) in [7, 11) is 3.58. The number of rotatable bonds is 3. The second-order valence-electron chi connectivity index (χ2n) is 4.26. The molecule has 0 bridgehead atoms. The highest BCUT2D eigenvalue weighted by atomic mass is 32.2. The third-order valence-electron chi connectivity index (χ3n) is 2.81. The fourth-order valence-corrected chi connectivity index (χ4v) is 3.02. The van der Waals surface area contributed by atoms with Gasteiger partial charge in [0, 0.05) is 24.9 Å². The molecule has 17 heavy (non-hydrogen) atoms. The van der Waals surface area contributed by atoms with Crippen LogP contribution < -0.4 is 4.74 Å². The van der Waals surface area contributed by atoms with E-state index in [2.05, 4.69) is 6.07 Å². The molecule has 3 nitrogen and oxygen atoms in total. The monoisotopic (exact) mass is 251 g/mol. The molecular formula is C13H17NO2S. The number of benzene rings is 1. The van der Waals surface area contributed by atoms with E-state index in [4.69, 9.17) is 4.74 Å². The summed E-state index contributed by atoms with van der Waals surface area (Å²) in [5.74, 6) is 1.67. The molecule has 1 heterocycles. The van der Waals surface area contributed by atoms with E-state index in [1.165, 1.54) is 5.56 Å². The third kappa shape index (κ3) is 2.94. The lowest BCUT2D eigenvalue weighted by Gasteiger charge is -2.25.